The Balaban J connectivity index is 2.10. The fourth-order valence-electron chi connectivity index (χ4n) is 2.06. The van der Waals surface area contributed by atoms with Crippen molar-refractivity contribution in [1.29, 1.82) is 0 Å². The Labute approximate surface area is 84.0 Å². The van der Waals surface area contributed by atoms with Gasteiger partial charge in [0.15, 0.2) is 0 Å². The molecule has 0 amide bonds. The van der Waals surface area contributed by atoms with Crippen molar-refractivity contribution in [3.8, 4) is 0 Å². The summed E-state index contributed by atoms with van der Waals surface area (Å²) in [6.07, 6.45) is 3.54. The lowest BCUT2D eigenvalue weighted by Gasteiger charge is -2.32. The molecule has 0 saturated carbocycles. The second-order valence-electron chi connectivity index (χ2n) is 3.86. The Bertz CT molecular complexity index is 234. The third-order valence-electron chi connectivity index (χ3n) is 3.13. The first-order valence-corrected chi connectivity index (χ1v) is 4.97. The molecular formula is C10H17NO3. The standard InChI is InChI=1S/C10H17NO3/c1-12-10(3-5-14-7-10)9(11)8-2-4-13-6-8/h6,9H,2-5,7,11H2,1H3. The molecule has 2 unspecified atom stereocenters. The summed E-state index contributed by atoms with van der Waals surface area (Å²) in [6.45, 7) is 2.06. The molecule has 4 nitrogen and oxygen atoms in total. The molecule has 2 rings (SSSR count). The van der Waals surface area contributed by atoms with E-state index in [1.165, 1.54) is 0 Å². The van der Waals surface area contributed by atoms with E-state index in [4.69, 9.17) is 19.9 Å². The van der Waals surface area contributed by atoms with Crippen LogP contribution >= 0.6 is 0 Å². The van der Waals surface area contributed by atoms with Crippen LogP contribution in [0.25, 0.3) is 0 Å². The van der Waals surface area contributed by atoms with Gasteiger partial charge in [-0.3, -0.25) is 0 Å². The molecule has 2 N–H and O–H groups in total. The van der Waals surface area contributed by atoms with Gasteiger partial charge in [0.25, 0.3) is 0 Å². The maximum absolute atomic E-state index is 6.18. The van der Waals surface area contributed by atoms with Crippen LogP contribution in [0, 0.1) is 0 Å². The third-order valence-corrected chi connectivity index (χ3v) is 3.13. The largest absolute Gasteiger partial charge is 0.501 e. The molecule has 0 radical (unpaired) electrons. The second kappa shape index (κ2) is 3.88. The minimum absolute atomic E-state index is 0.0995. The van der Waals surface area contributed by atoms with E-state index < -0.39 is 0 Å². The van der Waals surface area contributed by atoms with E-state index in [0.29, 0.717) is 6.61 Å². The topological polar surface area (TPSA) is 53.7 Å². The zero-order valence-corrected chi connectivity index (χ0v) is 8.49. The molecule has 0 aromatic heterocycles. The average Bonchev–Trinajstić information content (AvgIpc) is 2.89. The summed E-state index contributed by atoms with van der Waals surface area (Å²) >= 11 is 0. The van der Waals surface area contributed by atoms with Crippen LogP contribution in [0.5, 0.6) is 0 Å². The van der Waals surface area contributed by atoms with E-state index in [9.17, 15) is 0 Å². The summed E-state index contributed by atoms with van der Waals surface area (Å²) in [4.78, 5) is 0. The van der Waals surface area contributed by atoms with Gasteiger partial charge in [-0.15, -0.1) is 0 Å². The van der Waals surface area contributed by atoms with E-state index in [1.807, 2.05) is 0 Å². The van der Waals surface area contributed by atoms with Gasteiger partial charge in [-0.05, 0) is 5.57 Å². The van der Waals surface area contributed by atoms with E-state index in [-0.39, 0.29) is 11.6 Å². The molecular weight excluding hydrogens is 182 g/mol. The van der Waals surface area contributed by atoms with Crippen LogP contribution < -0.4 is 5.73 Å². The first-order chi connectivity index (χ1) is 6.78. The van der Waals surface area contributed by atoms with Crippen molar-refractivity contribution in [3.63, 3.8) is 0 Å². The Kier molecular flexibility index (Phi) is 2.76. The molecule has 2 atom stereocenters. The van der Waals surface area contributed by atoms with Crippen molar-refractivity contribution >= 4 is 0 Å². The molecule has 2 aliphatic rings. The number of nitrogens with two attached hydrogens (primary N) is 1. The second-order valence-corrected chi connectivity index (χ2v) is 3.86. The summed E-state index contributed by atoms with van der Waals surface area (Å²) in [7, 11) is 1.70. The molecule has 0 bridgehead atoms. The van der Waals surface area contributed by atoms with Crippen LogP contribution in [-0.2, 0) is 14.2 Å². The molecule has 14 heavy (non-hydrogen) atoms. The normalized spacial score (nSPS) is 34.0. The van der Waals surface area contributed by atoms with Crippen molar-refractivity contribution in [2.75, 3.05) is 26.9 Å². The molecule has 0 spiro atoms. The number of methoxy groups -OCH3 is 1. The lowest BCUT2D eigenvalue weighted by atomic mass is 9.88. The molecule has 2 aliphatic heterocycles. The van der Waals surface area contributed by atoms with Gasteiger partial charge in [0.05, 0.1) is 25.5 Å². The van der Waals surface area contributed by atoms with Gasteiger partial charge in [-0.25, -0.2) is 0 Å². The summed E-state index contributed by atoms with van der Waals surface area (Å²) in [5, 5.41) is 0. The van der Waals surface area contributed by atoms with E-state index in [0.717, 1.165) is 31.6 Å². The minimum Gasteiger partial charge on any atom is -0.501 e. The highest BCUT2D eigenvalue weighted by Gasteiger charge is 2.43. The number of hydrogen-bond acceptors (Lipinski definition) is 4. The lowest BCUT2D eigenvalue weighted by molar-refractivity contribution is -0.0284. The van der Waals surface area contributed by atoms with Gasteiger partial charge in [-0.2, -0.15) is 0 Å². The Morgan fingerprint density at radius 1 is 1.57 bits per heavy atom. The van der Waals surface area contributed by atoms with Crippen LogP contribution in [-0.4, -0.2) is 38.6 Å². The van der Waals surface area contributed by atoms with Crippen molar-refractivity contribution in [2.24, 2.45) is 5.73 Å². The summed E-state index contributed by atoms with van der Waals surface area (Å²) in [5.74, 6) is 0. The van der Waals surface area contributed by atoms with E-state index in [1.54, 1.807) is 13.4 Å². The molecule has 4 heteroatoms. The Morgan fingerprint density at radius 2 is 2.43 bits per heavy atom. The van der Waals surface area contributed by atoms with Crippen LogP contribution in [0.1, 0.15) is 12.8 Å². The van der Waals surface area contributed by atoms with E-state index in [2.05, 4.69) is 0 Å². The van der Waals surface area contributed by atoms with Crippen LogP contribution in [0.2, 0.25) is 0 Å². The number of ether oxygens (including phenoxy) is 3. The highest BCUT2D eigenvalue weighted by Crippen LogP contribution is 2.31. The maximum Gasteiger partial charge on any atom is 0.112 e. The summed E-state index contributed by atoms with van der Waals surface area (Å²) < 4.78 is 16.1. The highest BCUT2D eigenvalue weighted by molar-refractivity contribution is 5.18. The number of hydrogen-bond donors (Lipinski definition) is 1. The molecule has 2 heterocycles. The summed E-state index contributed by atoms with van der Waals surface area (Å²) in [6, 6.07) is -0.0995. The van der Waals surface area contributed by atoms with Gasteiger partial charge in [0, 0.05) is 26.6 Å². The van der Waals surface area contributed by atoms with E-state index >= 15 is 0 Å². The van der Waals surface area contributed by atoms with Crippen LogP contribution in [0.4, 0.5) is 0 Å². The van der Waals surface area contributed by atoms with Gasteiger partial charge in [-0.1, -0.05) is 0 Å². The molecule has 0 aliphatic carbocycles. The van der Waals surface area contributed by atoms with Crippen LogP contribution in [0.15, 0.2) is 11.8 Å². The SMILES string of the molecule is COC1(C(N)C2=COCC2)CCOC1. The Morgan fingerprint density at radius 3 is 2.93 bits per heavy atom. The quantitative estimate of drug-likeness (QED) is 0.716. The third kappa shape index (κ3) is 1.54. The zero-order valence-electron chi connectivity index (χ0n) is 8.49. The first-order valence-electron chi connectivity index (χ1n) is 4.97. The monoisotopic (exact) mass is 199 g/mol. The predicted octanol–water partition coefficient (Wildman–Crippen LogP) is 0.423. The molecule has 1 saturated heterocycles. The Hall–Kier alpha value is -0.580. The molecule has 80 valence electrons. The van der Waals surface area contributed by atoms with Crippen LogP contribution in [0.3, 0.4) is 0 Å². The van der Waals surface area contributed by atoms with Crippen molar-refractivity contribution in [2.45, 2.75) is 24.5 Å². The highest BCUT2D eigenvalue weighted by atomic mass is 16.5. The zero-order chi connectivity index (χ0) is 10.0. The molecule has 0 aromatic carbocycles. The molecule has 0 aromatic rings. The van der Waals surface area contributed by atoms with Gasteiger partial charge >= 0.3 is 0 Å². The van der Waals surface area contributed by atoms with Gasteiger partial charge in [0.1, 0.15) is 5.60 Å². The minimum atomic E-state index is -0.334. The molecule has 1 fully saturated rings. The lowest BCUT2D eigenvalue weighted by Crippen LogP contribution is -2.51. The fraction of sp³-hybridized carbons (Fsp3) is 0.800. The summed E-state index contributed by atoms with van der Waals surface area (Å²) in [5.41, 5.74) is 6.98. The first kappa shape index (κ1) is 9.96. The van der Waals surface area contributed by atoms with Crippen molar-refractivity contribution in [1.82, 2.24) is 0 Å². The predicted molar refractivity (Wildman–Crippen MR) is 51.8 cm³/mol. The average molecular weight is 199 g/mol. The van der Waals surface area contributed by atoms with Gasteiger partial charge < -0.3 is 19.9 Å². The fourth-order valence-corrected chi connectivity index (χ4v) is 2.06. The maximum atomic E-state index is 6.18. The van der Waals surface area contributed by atoms with Crippen molar-refractivity contribution < 1.29 is 14.2 Å². The van der Waals surface area contributed by atoms with Crippen molar-refractivity contribution in [3.05, 3.63) is 11.8 Å². The number of rotatable bonds is 3. The van der Waals surface area contributed by atoms with Gasteiger partial charge in [0.2, 0.25) is 0 Å². The smallest absolute Gasteiger partial charge is 0.112 e.